The molecular formula is C13H18BrNO3. The Bertz CT molecular complexity index is 409. The Morgan fingerprint density at radius 2 is 2.22 bits per heavy atom. The van der Waals surface area contributed by atoms with Gasteiger partial charge in [-0.15, -0.1) is 0 Å². The second kappa shape index (κ2) is 7.38. The van der Waals surface area contributed by atoms with E-state index in [0.29, 0.717) is 5.92 Å². The summed E-state index contributed by atoms with van der Waals surface area (Å²) in [7, 11) is 0. The van der Waals surface area contributed by atoms with Crippen LogP contribution in [0.1, 0.15) is 30.1 Å². The molecule has 0 heterocycles. The van der Waals surface area contributed by atoms with Crippen LogP contribution in [0, 0.1) is 5.92 Å². The molecule has 1 atom stereocenters. The summed E-state index contributed by atoms with van der Waals surface area (Å²) in [5.74, 6) is -0.608. The molecule has 18 heavy (non-hydrogen) atoms. The summed E-state index contributed by atoms with van der Waals surface area (Å²) >= 11 is 3.34. The van der Waals surface area contributed by atoms with E-state index in [1.807, 2.05) is 6.92 Å². The number of rotatable bonds is 7. The van der Waals surface area contributed by atoms with Gasteiger partial charge in [0.1, 0.15) is 0 Å². The van der Waals surface area contributed by atoms with E-state index >= 15 is 0 Å². The molecule has 0 bridgehead atoms. The SMILES string of the molecule is CC(CO)CCCNc1ccc(C(=O)O)cc1Br. The van der Waals surface area contributed by atoms with Crippen LogP contribution in [0.4, 0.5) is 5.69 Å². The third-order valence-corrected chi connectivity index (χ3v) is 3.37. The smallest absolute Gasteiger partial charge is 0.335 e. The third kappa shape index (κ3) is 4.66. The fourth-order valence-corrected chi connectivity index (χ4v) is 2.08. The van der Waals surface area contributed by atoms with Crippen molar-refractivity contribution in [2.24, 2.45) is 5.92 Å². The molecule has 0 saturated heterocycles. The predicted octanol–water partition coefficient (Wildman–Crippen LogP) is 2.97. The van der Waals surface area contributed by atoms with E-state index in [-0.39, 0.29) is 12.2 Å². The standard InChI is InChI=1S/C13H18BrNO3/c1-9(8-16)3-2-6-15-12-5-4-10(13(17)18)7-11(12)14/h4-5,7,9,15-16H,2-3,6,8H2,1H3,(H,17,18). The van der Waals surface area contributed by atoms with Crippen molar-refractivity contribution in [2.75, 3.05) is 18.5 Å². The van der Waals surface area contributed by atoms with Gasteiger partial charge in [0.05, 0.1) is 5.56 Å². The second-order valence-electron chi connectivity index (χ2n) is 4.36. The van der Waals surface area contributed by atoms with Crippen LogP contribution in [-0.2, 0) is 0 Å². The number of anilines is 1. The molecule has 0 aromatic heterocycles. The summed E-state index contributed by atoms with van der Waals surface area (Å²) < 4.78 is 0.748. The van der Waals surface area contributed by atoms with E-state index in [1.54, 1.807) is 18.2 Å². The monoisotopic (exact) mass is 315 g/mol. The van der Waals surface area contributed by atoms with Crippen LogP contribution in [0.5, 0.6) is 0 Å². The molecule has 100 valence electrons. The quantitative estimate of drug-likeness (QED) is 0.677. The van der Waals surface area contributed by atoms with Crippen molar-refractivity contribution in [3.05, 3.63) is 28.2 Å². The molecule has 1 rings (SSSR count). The van der Waals surface area contributed by atoms with Crippen LogP contribution in [-0.4, -0.2) is 29.3 Å². The molecule has 3 N–H and O–H groups in total. The highest BCUT2D eigenvalue weighted by Crippen LogP contribution is 2.23. The Morgan fingerprint density at radius 1 is 1.50 bits per heavy atom. The molecule has 1 unspecified atom stereocenters. The van der Waals surface area contributed by atoms with Crippen LogP contribution in [0.25, 0.3) is 0 Å². The van der Waals surface area contributed by atoms with E-state index in [4.69, 9.17) is 10.2 Å². The zero-order chi connectivity index (χ0) is 13.5. The molecule has 1 aromatic carbocycles. The highest BCUT2D eigenvalue weighted by Gasteiger charge is 2.06. The highest BCUT2D eigenvalue weighted by molar-refractivity contribution is 9.10. The number of aromatic carboxylic acids is 1. The van der Waals surface area contributed by atoms with Crippen LogP contribution < -0.4 is 5.32 Å². The number of aliphatic hydroxyl groups is 1. The van der Waals surface area contributed by atoms with Gasteiger partial charge in [-0.25, -0.2) is 4.79 Å². The normalized spacial score (nSPS) is 12.2. The van der Waals surface area contributed by atoms with Gasteiger partial charge in [0.25, 0.3) is 0 Å². The third-order valence-electron chi connectivity index (χ3n) is 2.72. The van der Waals surface area contributed by atoms with E-state index in [9.17, 15) is 4.79 Å². The van der Waals surface area contributed by atoms with Crippen LogP contribution in [0.2, 0.25) is 0 Å². The number of hydrogen-bond acceptors (Lipinski definition) is 3. The number of hydrogen-bond donors (Lipinski definition) is 3. The van der Waals surface area contributed by atoms with Gasteiger partial charge < -0.3 is 15.5 Å². The Labute approximate surface area is 115 Å². The van der Waals surface area contributed by atoms with Crippen molar-refractivity contribution in [3.8, 4) is 0 Å². The summed E-state index contributed by atoms with van der Waals surface area (Å²) in [6.45, 7) is 3.03. The van der Waals surface area contributed by atoms with Crippen LogP contribution in [0.3, 0.4) is 0 Å². The van der Waals surface area contributed by atoms with Crippen LogP contribution >= 0.6 is 15.9 Å². The number of carboxylic acids is 1. The fourth-order valence-electron chi connectivity index (χ4n) is 1.56. The zero-order valence-electron chi connectivity index (χ0n) is 10.3. The maximum Gasteiger partial charge on any atom is 0.335 e. The Hall–Kier alpha value is -1.07. The maximum absolute atomic E-state index is 10.8. The van der Waals surface area contributed by atoms with Crippen molar-refractivity contribution in [3.63, 3.8) is 0 Å². The summed E-state index contributed by atoms with van der Waals surface area (Å²) in [4.78, 5) is 10.8. The summed E-state index contributed by atoms with van der Waals surface area (Å²) in [5.41, 5.74) is 1.15. The largest absolute Gasteiger partial charge is 0.478 e. The summed E-state index contributed by atoms with van der Waals surface area (Å²) in [6.07, 6.45) is 1.93. The number of halogens is 1. The van der Waals surface area contributed by atoms with Crippen molar-refractivity contribution in [1.29, 1.82) is 0 Å². The minimum Gasteiger partial charge on any atom is -0.478 e. The lowest BCUT2D eigenvalue weighted by atomic mass is 10.1. The molecule has 0 saturated carbocycles. The molecular weight excluding hydrogens is 298 g/mol. The summed E-state index contributed by atoms with van der Waals surface area (Å²) in [6, 6.07) is 4.91. The molecule has 0 fully saturated rings. The topological polar surface area (TPSA) is 69.6 Å². The first-order valence-electron chi connectivity index (χ1n) is 5.92. The van der Waals surface area contributed by atoms with Crippen molar-refractivity contribution in [1.82, 2.24) is 0 Å². The predicted molar refractivity (Wildman–Crippen MR) is 75.1 cm³/mol. The first-order valence-corrected chi connectivity index (χ1v) is 6.71. The van der Waals surface area contributed by atoms with E-state index < -0.39 is 5.97 Å². The Kier molecular flexibility index (Phi) is 6.15. The zero-order valence-corrected chi connectivity index (χ0v) is 11.9. The minimum atomic E-state index is -0.931. The first kappa shape index (κ1) is 15.0. The van der Waals surface area contributed by atoms with Gasteiger partial charge in [-0.1, -0.05) is 6.92 Å². The van der Waals surface area contributed by atoms with E-state index in [0.717, 1.165) is 29.5 Å². The van der Waals surface area contributed by atoms with Crippen molar-refractivity contribution >= 4 is 27.6 Å². The van der Waals surface area contributed by atoms with Crippen molar-refractivity contribution in [2.45, 2.75) is 19.8 Å². The number of aliphatic hydroxyl groups excluding tert-OH is 1. The van der Waals surface area contributed by atoms with Crippen molar-refractivity contribution < 1.29 is 15.0 Å². The number of carboxylic acid groups (broad SMARTS) is 1. The lowest BCUT2D eigenvalue weighted by Crippen LogP contribution is -2.07. The van der Waals surface area contributed by atoms with Crippen LogP contribution in [0.15, 0.2) is 22.7 Å². The minimum absolute atomic E-state index is 0.219. The van der Waals surface area contributed by atoms with Gasteiger partial charge in [-0.05, 0) is 52.9 Å². The average Bonchev–Trinajstić information content (AvgIpc) is 2.35. The molecule has 1 aromatic rings. The molecule has 0 spiro atoms. The maximum atomic E-state index is 10.8. The van der Waals surface area contributed by atoms with E-state index in [2.05, 4.69) is 21.2 Å². The van der Waals surface area contributed by atoms with Gasteiger partial charge in [0, 0.05) is 23.3 Å². The van der Waals surface area contributed by atoms with Gasteiger partial charge in [-0.3, -0.25) is 0 Å². The lowest BCUT2D eigenvalue weighted by molar-refractivity contribution is 0.0697. The molecule has 0 amide bonds. The summed E-state index contributed by atoms with van der Waals surface area (Å²) in [5, 5.41) is 21.0. The average molecular weight is 316 g/mol. The van der Waals surface area contributed by atoms with Gasteiger partial charge in [0.15, 0.2) is 0 Å². The number of carbonyl (C=O) groups is 1. The van der Waals surface area contributed by atoms with Gasteiger partial charge in [-0.2, -0.15) is 0 Å². The molecule has 0 aliphatic rings. The first-order chi connectivity index (χ1) is 8.54. The highest BCUT2D eigenvalue weighted by atomic mass is 79.9. The van der Waals surface area contributed by atoms with Gasteiger partial charge in [0.2, 0.25) is 0 Å². The Balaban J connectivity index is 2.46. The molecule has 0 radical (unpaired) electrons. The molecule has 4 nitrogen and oxygen atoms in total. The fraction of sp³-hybridized carbons (Fsp3) is 0.462. The molecule has 0 aliphatic carbocycles. The van der Waals surface area contributed by atoms with E-state index in [1.165, 1.54) is 0 Å². The van der Waals surface area contributed by atoms with Gasteiger partial charge >= 0.3 is 5.97 Å². The molecule has 0 aliphatic heterocycles. The number of nitrogens with one attached hydrogen (secondary N) is 1. The lowest BCUT2D eigenvalue weighted by Gasteiger charge is -2.11. The number of benzene rings is 1. The Morgan fingerprint density at radius 3 is 2.78 bits per heavy atom. The second-order valence-corrected chi connectivity index (χ2v) is 5.21. The molecule has 5 heteroatoms.